The van der Waals surface area contributed by atoms with Gasteiger partial charge < -0.3 is 14.6 Å². The molecule has 1 aliphatic rings. The Morgan fingerprint density at radius 3 is 2.41 bits per heavy atom. The number of rotatable bonds is 5. The van der Waals surface area contributed by atoms with Crippen molar-refractivity contribution in [2.45, 2.75) is 40.3 Å². The van der Waals surface area contributed by atoms with Crippen LogP contribution in [-0.2, 0) is 6.54 Å². The van der Waals surface area contributed by atoms with E-state index in [1.807, 2.05) is 13.8 Å². The number of oxazole rings is 1. The highest BCUT2D eigenvalue weighted by Gasteiger charge is 2.23. The van der Waals surface area contributed by atoms with Crippen LogP contribution in [0.5, 0.6) is 0 Å². The predicted octanol–water partition coefficient (Wildman–Crippen LogP) is 4.52. The maximum atomic E-state index is 5.66. The largest absolute Gasteiger partial charge is 0.444 e. The number of aromatic nitrogens is 1. The molecule has 1 aliphatic heterocycles. The minimum Gasteiger partial charge on any atom is -0.444 e. The number of piperazine rings is 1. The summed E-state index contributed by atoms with van der Waals surface area (Å²) in [6.07, 6.45) is 0. The standard InChI is InChI=1S/C21H30BrN5O.HI/c1-5-23-21(24-14-20-25-15(2)17(4)28-20)27-12-10-26(11-13-27)16(3)18-6-8-19(22)9-7-18;/h6-9,16H,5,10-14H2,1-4H3,(H,23,24);1H. The summed E-state index contributed by atoms with van der Waals surface area (Å²) in [7, 11) is 0. The third-order valence-corrected chi connectivity index (χ3v) is 5.81. The lowest BCUT2D eigenvalue weighted by Crippen LogP contribution is -2.52. The van der Waals surface area contributed by atoms with Crippen molar-refractivity contribution in [1.29, 1.82) is 0 Å². The number of guanidine groups is 1. The van der Waals surface area contributed by atoms with Crippen molar-refractivity contribution in [3.63, 3.8) is 0 Å². The molecule has 0 amide bonds. The van der Waals surface area contributed by atoms with Crippen molar-refractivity contribution in [3.05, 3.63) is 51.6 Å². The first kappa shape index (κ1) is 24.1. The SMILES string of the molecule is CCNC(=NCc1nc(C)c(C)o1)N1CCN(C(C)c2ccc(Br)cc2)CC1.I. The normalized spacial score (nSPS) is 16.4. The third kappa shape index (κ3) is 6.42. The van der Waals surface area contributed by atoms with Gasteiger partial charge in [0.05, 0.1) is 5.69 Å². The molecule has 6 nitrogen and oxygen atoms in total. The van der Waals surface area contributed by atoms with Crippen LogP contribution in [0.1, 0.15) is 42.8 Å². The summed E-state index contributed by atoms with van der Waals surface area (Å²) in [5.41, 5.74) is 2.29. The summed E-state index contributed by atoms with van der Waals surface area (Å²) in [4.78, 5) is 14.0. The van der Waals surface area contributed by atoms with Crippen LogP contribution in [0.15, 0.2) is 38.1 Å². The first-order valence-electron chi connectivity index (χ1n) is 9.93. The Bertz CT molecular complexity index is 780. The Balaban J connectivity index is 0.00000300. The zero-order chi connectivity index (χ0) is 20.1. The average Bonchev–Trinajstić information content (AvgIpc) is 3.03. The minimum atomic E-state index is 0. The molecule has 0 aliphatic carbocycles. The molecule has 1 aromatic carbocycles. The van der Waals surface area contributed by atoms with Gasteiger partial charge in [-0.25, -0.2) is 9.98 Å². The van der Waals surface area contributed by atoms with E-state index in [2.05, 4.69) is 74.1 Å². The number of nitrogens with zero attached hydrogens (tertiary/aromatic N) is 4. The van der Waals surface area contributed by atoms with E-state index in [0.717, 1.165) is 54.6 Å². The first-order valence-corrected chi connectivity index (χ1v) is 10.7. The van der Waals surface area contributed by atoms with Gasteiger partial charge in [0, 0.05) is 43.2 Å². The second-order valence-corrected chi connectivity index (χ2v) is 8.09. The van der Waals surface area contributed by atoms with Crippen LogP contribution in [0.2, 0.25) is 0 Å². The Labute approximate surface area is 199 Å². The van der Waals surface area contributed by atoms with Gasteiger partial charge >= 0.3 is 0 Å². The molecule has 0 spiro atoms. The molecule has 1 N–H and O–H groups in total. The van der Waals surface area contributed by atoms with Crippen molar-refractivity contribution in [2.75, 3.05) is 32.7 Å². The number of aliphatic imine (C=N–C) groups is 1. The number of benzene rings is 1. The molecule has 1 fully saturated rings. The average molecular weight is 576 g/mol. The number of hydrogen-bond donors (Lipinski definition) is 1. The summed E-state index contributed by atoms with van der Waals surface area (Å²) in [5.74, 6) is 2.48. The lowest BCUT2D eigenvalue weighted by molar-refractivity contribution is 0.138. The molecule has 1 unspecified atom stereocenters. The highest BCUT2D eigenvalue weighted by atomic mass is 127. The summed E-state index contributed by atoms with van der Waals surface area (Å²) >= 11 is 3.51. The fourth-order valence-electron chi connectivity index (χ4n) is 3.45. The molecule has 0 saturated carbocycles. The van der Waals surface area contributed by atoms with Crippen molar-refractivity contribution in [1.82, 2.24) is 20.1 Å². The molecule has 1 saturated heterocycles. The molecule has 1 aromatic heterocycles. The van der Waals surface area contributed by atoms with E-state index in [1.54, 1.807) is 0 Å². The van der Waals surface area contributed by atoms with Crippen molar-refractivity contribution in [2.24, 2.45) is 4.99 Å². The van der Waals surface area contributed by atoms with Gasteiger partial charge in [-0.1, -0.05) is 28.1 Å². The van der Waals surface area contributed by atoms with Gasteiger partial charge in [-0.3, -0.25) is 4.90 Å². The molecule has 1 atom stereocenters. The highest BCUT2D eigenvalue weighted by Crippen LogP contribution is 2.23. The zero-order valence-corrected chi connectivity index (χ0v) is 21.5. The monoisotopic (exact) mass is 575 g/mol. The van der Waals surface area contributed by atoms with Gasteiger partial charge in [-0.2, -0.15) is 0 Å². The molecule has 160 valence electrons. The van der Waals surface area contributed by atoms with E-state index in [-0.39, 0.29) is 24.0 Å². The number of halogens is 2. The fraction of sp³-hybridized carbons (Fsp3) is 0.524. The molecule has 29 heavy (non-hydrogen) atoms. The van der Waals surface area contributed by atoms with Crippen LogP contribution in [0.25, 0.3) is 0 Å². The van der Waals surface area contributed by atoms with Crippen LogP contribution in [0.3, 0.4) is 0 Å². The highest BCUT2D eigenvalue weighted by molar-refractivity contribution is 14.0. The summed E-state index contributed by atoms with van der Waals surface area (Å²) in [6.45, 7) is 13.5. The summed E-state index contributed by atoms with van der Waals surface area (Å²) < 4.78 is 6.78. The minimum absolute atomic E-state index is 0. The Morgan fingerprint density at radius 2 is 1.86 bits per heavy atom. The van der Waals surface area contributed by atoms with Gasteiger partial charge in [-0.05, 0) is 45.4 Å². The van der Waals surface area contributed by atoms with Crippen molar-refractivity contribution in [3.8, 4) is 0 Å². The van der Waals surface area contributed by atoms with E-state index < -0.39 is 0 Å². The van der Waals surface area contributed by atoms with Gasteiger partial charge in [0.1, 0.15) is 12.3 Å². The van der Waals surface area contributed by atoms with E-state index in [0.29, 0.717) is 18.5 Å². The van der Waals surface area contributed by atoms with Gasteiger partial charge in [0.25, 0.3) is 0 Å². The molecule has 0 radical (unpaired) electrons. The Hall–Kier alpha value is -1.13. The second kappa shape index (κ2) is 11.3. The number of nitrogens with one attached hydrogen (secondary N) is 1. The molecule has 2 aromatic rings. The van der Waals surface area contributed by atoms with Crippen molar-refractivity contribution < 1.29 is 4.42 Å². The zero-order valence-electron chi connectivity index (χ0n) is 17.6. The van der Waals surface area contributed by atoms with Crippen LogP contribution < -0.4 is 5.32 Å². The van der Waals surface area contributed by atoms with Gasteiger partial charge in [0.15, 0.2) is 5.96 Å². The quantitative estimate of drug-likeness (QED) is 0.323. The number of aryl methyl sites for hydroxylation is 2. The molecule has 0 bridgehead atoms. The first-order chi connectivity index (χ1) is 13.5. The Morgan fingerprint density at radius 1 is 1.21 bits per heavy atom. The van der Waals surface area contributed by atoms with Crippen LogP contribution in [-0.4, -0.2) is 53.5 Å². The molecule has 3 rings (SSSR count). The van der Waals surface area contributed by atoms with E-state index in [4.69, 9.17) is 9.41 Å². The van der Waals surface area contributed by atoms with Crippen LogP contribution >= 0.6 is 39.9 Å². The third-order valence-electron chi connectivity index (χ3n) is 5.29. The van der Waals surface area contributed by atoms with Crippen molar-refractivity contribution >= 4 is 45.9 Å². The lowest BCUT2D eigenvalue weighted by Gasteiger charge is -2.39. The van der Waals surface area contributed by atoms with Gasteiger partial charge in [0.2, 0.25) is 5.89 Å². The van der Waals surface area contributed by atoms with Crippen LogP contribution in [0, 0.1) is 13.8 Å². The topological polar surface area (TPSA) is 56.9 Å². The molecule has 8 heteroatoms. The predicted molar refractivity (Wildman–Crippen MR) is 132 cm³/mol. The van der Waals surface area contributed by atoms with Crippen LogP contribution in [0.4, 0.5) is 0 Å². The fourth-order valence-corrected chi connectivity index (χ4v) is 3.71. The Kier molecular flexibility index (Phi) is 9.42. The summed E-state index contributed by atoms with van der Waals surface area (Å²) in [5, 5.41) is 3.41. The maximum Gasteiger partial charge on any atom is 0.216 e. The maximum absolute atomic E-state index is 5.66. The van der Waals surface area contributed by atoms with E-state index >= 15 is 0 Å². The molecular formula is C21H31BrIN5O. The van der Waals surface area contributed by atoms with Gasteiger partial charge in [-0.15, -0.1) is 24.0 Å². The number of hydrogen-bond acceptors (Lipinski definition) is 4. The van der Waals surface area contributed by atoms with E-state index in [9.17, 15) is 0 Å². The lowest BCUT2D eigenvalue weighted by atomic mass is 10.1. The molecular weight excluding hydrogens is 545 g/mol. The smallest absolute Gasteiger partial charge is 0.216 e. The second-order valence-electron chi connectivity index (χ2n) is 7.17. The molecule has 2 heterocycles. The van der Waals surface area contributed by atoms with E-state index in [1.165, 1.54) is 5.56 Å². The summed E-state index contributed by atoms with van der Waals surface area (Å²) in [6, 6.07) is 9.04.